The Kier molecular flexibility index (Phi) is 9.37. The van der Waals surface area contributed by atoms with Crippen LogP contribution in [0.4, 0.5) is 0 Å². The number of primary amides is 1. The molecule has 0 spiro atoms. The Labute approximate surface area is 214 Å². The normalized spacial score (nSPS) is 20.9. The summed E-state index contributed by atoms with van der Waals surface area (Å²) in [5.41, 5.74) is 14.3. The summed E-state index contributed by atoms with van der Waals surface area (Å²) < 4.78 is 7.58. The molecule has 36 heavy (non-hydrogen) atoms. The van der Waals surface area contributed by atoms with E-state index in [4.69, 9.17) is 21.2 Å². The second-order valence-electron chi connectivity index (χ2n) is 10.7. The molecule has 1 saturated heterocycles. The van der Waals surface area contributed by atoms with Crippen molar-refractivity contribution in [2.75, 3.05) is 26.8 Å². The van der Waals surface area contributed by atoms with Gasteiger partial charge >= 0.3 is 0 Å². The van der Waals surface area contributed by atoms with E-state index in [1.54, 1.807) is 7.11 Å². The highest BCUT2D eigenvalue weighted by Crippen LogP contribution is 2.33. The van der Waals surface area contributed by atoms with E-state index in [-0.39, 0.29) is 36.1 Å². The molecule has 2 amide bonds. The Morgan fingerprint density at radius 2 is 1.92 bits per heavy atom. The van der Waals surface area contributed by atoms with Crippen molar-refractivity contribution in [3.05, 3.63) is 30.1 Å². The summed E-state index contributed by atoms with van der Waals surface area (Å²) >= 11 is 0. The highest BCUT2D eigenvalue weighted by molar-refractivity contribution is 5.79. The first-order valence-electron chi connectivity index (χ1n) is 13.7. The quantitative estimate of drug-likeness (QED) is 0.460. The fourth-order valence-electron chi connectivity index (χ4n) is 6.26. The zero-order chi connectivity index (χ0) is 25.5. The minimum absolute atomic E-state index is 0.0705. The molecule has 8 nitrogen and oxygen atoms in total. The van der Waals surface area contributed by atoms with Crippen molar-refractivity contribution in [1.29, 1.82) is 0 Å². The maximum absolute atomic E-state index is 13.3. The Bertz CT molecular complexity index is 1020. The number of aromatic nitrogens is 2. The fourth-order valence-corrected chi connectivity index (χ4v) is 6.26. The topological polar surface area (TPSA) is 116 Å². The van der Waals surface area contributed by atoms with Crippen LogP contribution in [0.25, 0.3) is 11.0 Å². The summed E-state index contributed by atoms with van der Waals surface area (Å²) in [5, 5.41) is 0. The summed E-state index contributed by atoms with van der Waals surface area (Å²) in [7, 11) is 1.73. The molecule has 3 atom stereocenters. The largest absolute Gasteiger partial charge is 0.385 e. The third-order valence-corrected chi connectivity index (χ3v) is 8.13. The Morgan fingerprint density at radius 3 is 2.67 bits per heavy atom. The predicted octanol–water partition coefficient (Wildman–Crippen LogP) is 3.57. The number of likely N-dealkylation sites (tertiary alicyclic amines) is 1. The van der Waals surface area contributed by atoms with Gasteiger partial charge in [-0.15, -0.1) is 0 Å². The van der Waals surface area contributed by atoms with Gasteiger partial charge in [0.2, 0.25) is 11.8 Å². The standard InChI is InChI=1S/C28H43N5O3/c1-36-16-8-15-33-25-13-6-5-12-24(25)31-28(33)21-11-7-14-32(19-21)26(34)18-22(29)17-23(27(30)35)20-9-3-2-4-10-20/h5-6,12-13,20-23H,2-4,7-11,14-19,29H2,1H3,(H2,30,35)/t21-,22+,23?/m1/s1. The predicted molar refractivity (Wildman–Crippen MR) is 141 cm³/mol. The molecule has 8 heteroatoms. The molecule has 1 aromatic carbocycles. The lowest BCUT2D eigenvalue weighted by molar-refractivity contribution is -0.133. The minimum atomic E-state index is -0.351. The highest BCUT2D eigenvalue weighted by Gasteiger charge is 2.32. The number of hydrogen-bond acceptors (Lipinski definition) is 5. The second-order valence-corrected chi connectivity index (χ2v) is 10.7. The van der Waals surface area contributed by atoms with E-state index in [0.717, 1.165) is 74.9 Å². The Hall–Kier alpha value is -2.45. The number of imidazole rings is 1. The molecule has 0 radical (unpaired) electrons. The summed E-state index contributed by atoms with van der Waals surface area (Å²) in [6, 6.07) is 7.88. The Balaban J connectivity index is 1.40. The first kappa shape index (κ1) is 26.6. The number of aryl methyl sites for hydroxylation is 1. The lowest BCUT2D eigenvalue weighted by Crippen LogP contribution is -2.43. The third kappa shape index (κ3) is 6.45. The molecule has 1 aliphatic heterocycles. The van der Waals surface area contributed by atoms with Gasteiger partial charge in [0.05, 0.1) is 11.0 Å². The van der Waals surface area contributed by atoms with Crippen LogP contribution in [0, 0.1) is 11.8 Å². The number of ether oxygens (including phenoxy) is 1. The number of carbonyl (C=O) groups excluding carboxylic acids is 2. The minimum Gasteiger partial charge on any atom is -0.385 e. The molecule has 0 bridgehead atoms. The number of fused-ring (bicyclic) bond motifs is 1. The molecule has 1 saturated carbocycles. The van der Waals surface area contributed by atoms with E-state index >= 15 is 0 Å². The summed E-state index contributed by atoms with van der Waals surface area (Å²) in [4.78, 5) is 32.4. The van der Waals surface area contributed by atoms with Gasteiger partial charge in [0.1, 0.15) is 5.82 Å². The van der Waals surface area contributed by atoms with Gasteiger partial charge < -0.3 is 25.7 Å². The van der Waals surface area contributed by atoms with E-state index < -0.39 is 0 Å². The van der Waals surface area contributed by atoms with Gasteiger partial charge in [-0.3, -0.25) is 9.59 Å². The van der Waals surface area contributed by atoms with Gasteiger partial charge in [0, 0.05) is 57.6 Å². The van der Waals surface area contributed by atoms with Crippen LogP contribution in [0.1, 0.15) is 76.0 Å². The number of nitrogens with two attached hydrogens (primary N) is 2. The van der Waals surface area contributed by atoms with Gasteiger partial charge in [-0.2, -0.15) is 0 Å². The van der Waals surface area contributed by atoms with Crippen molar-refractivity contribution in [2.24, 2.45) is 23.3 Å². The molecule has 1 unspecified atom stereocenters. The number of methoxy groups -OCH3 is 1. The van der Waals surface area contributed by atoms with Crippen molar-refractivity contribution >= 4 is 22.8 Å². The van der Waals surface area contributed by atoms with E-state index in [1.165, 1.54) is 6.42 Å². The van der Waals surface area contributed by atoms with Crippen LogP contribution >= 0.6 is 0 Å². The van der Waals surface area contributed by atoms with Crippen LogP contribution in [0.5, 0.6) is 0 Å². The molecular weight excluding hydrogens is 454 g/mol. The third-order valence-electron chi connectivity index (χ3n) is 8.13. The van der Waals surface area contributed by atoms with Gasteiger partial charge in [-0.05, 0) is 56.6 Å². The van der Waals surface area contributed by atoms with E-state index in [0.29, 0.717) is 25.5 Å². The smallest absolute Gasteiger partial charge is 0.224 e. The molecule has 198 valence electrons. The second kappa shape index (κ2) is 12.7. The lowest BCUT2D eigenvalue weighted by atomic mass is 9.76. The lowest BCUT2D eigenvalue weighted by Gasteiger charge is -2.34. The van der Waals surface area contributed by atoms with Crippen LogP contribution in [0.3, 0.4) is 0 Å². The Morgan fingerprint density at radius 1 is 1.14 bits per heavy atom. The number of nitrogens with zero attached hydrogens (tertiary/aromatic N) is 3. The van der Waals surface area contributed by atoms with Crippen molar-refractivity contribution in [3.63, 3.8) is 0 Å². The van der Waals surface area contributed by atoms with Gasteiger partial charge in [-0.25, -0.2) is 4.98 Å². The van der Waals surface area contributed by atoms with Crippen LogP contribution in [-0.2, 0) is 20.9 Å². The molecule has 1 aliphatic carbocycles. The van der Waals surface area contributed by atoms with Crippen LogP contribution in [0.2, 0.25) is 0 Å². The summed E-state index contributed by atoms with van der Waals surface area (Å²) in [6.45, 7) is 2.94. The summed E-state index contributed by atoms with van der Waals surface area (Å²) in [6.07, 6.45) is 9.21. The SMILES string of the molecule is COCCCn1c([C@@H]2CCCN(C(=O)C[C@@H](N)CC(C(N)=O)C3CCCCC3)C2)nc2ccccc21. The highest BCUT2D eigenvalue weighted by atomic mass is 16.5. The van der Waals surface area contributed by atoms with Crippen molar-refractivity contribution in [2.45, 2.75) is 82.7 Å². The fraction of sp³-hybridized carbons (Fsp3) is 0.679. The number of rotatable bonds is 11. The van der Waals surface area contributed by atoms with E-state index in [9.17, 15) is 9.59 Å². The molecule has 2 heterocycles. The molecular formula is C28H43N5O3. The van der Waals surface area contributed by atoms with Gasteiger partial charge in [0.25, 0.3) is 0 Å². The maximum Gasteiger partial charge on any atom is 0.224 e. The average molecular weight is 498 g/mol. The van der Waals surface area contributed by atoms with Crippen molar-refractivity contribution < 1.29 is 14.3 Å². The van der Waals surface area contributed by atoms with Crippen LogP contribution < -0.4 is 11.5 Å². The van der Waals surface area contributed by atoms with Crippen molar-refractivity contribution in [1.82, 2.24) is 14.5 Å². The summed E-state index contributed by atoms with van der Waals surface area (Å²) in [5.74, 6) is 1.13. The first-order valence-corrected chi connectivity index (χ1v) is 13.7. The average Bonchev–Trinajstić information content (AvgIpc) is 3.26. The molecule has 4 rings (SSSR count). The molecule has 2 fully saturated rings. The van der Waals surface area contributed by atoms with E-state index in [2.05, 4.69) is 16.7 Å². The number of amides is 2. The van der Waals surface area contributed by atoms with Crippen LogP contribution in [-0.4, -0.2) is 59.1 Å². The number of carbonyl (C=O) groups is 2. The number of benzene rings is 1. The number of hydrogen-bond donors (Lipinski definition) is 2. The first-order chi connectivity index (χ1) is 17.5. The van der Waals surface area contributed by atoms with Gasteiger partial charge in [-0.1, -0.05) is 31.4 Å². The molecule has 1 aromatic heterocycles. The monoisotopic (exact) mass is 497 g/mol. The number of para-hydroxylation sites is 2. The zero-order valence-electron chi connectivity index (χ0n) is 21.7. The zero-order valence-corrected chi connectivity index (χ0v) is 21.7. The maximum atomic E-state index is 13.3. The van der Waals surface area contributed by atoms with Crippen LogP contribution in [0.15, 0.2) is 24.3 Å². The molecule has 2 aliphatic rings. The molecule has 4 N–H and O–H groups in total. The van der Waals surface area contributed by atoms with E-state index in [1.807, 2.05) is 17.0 Å². The van der Waals surface area contributed by atoms with Gasteiger partial charge in [0.15, 0.2) is 0 Å². The van der Waals surface area contributed by atoms with Crippen molar-refractivity contribution in [3.8, 4) is 0 Å². The molecule has 2 aromatic rings. The number of piperidine rings is 1.